The van der Waals surface area contributed by atoms with Crippen LogP contribution in [0.1, 0.15) is 18.1 Å². The topological polar surface area (TPSA) is 84.9 Å². The minimum Gasteiger partial charge on any atom is -0.493 e. The number of aryl methyl sites for hydroxylation is 1. The molecule has 7 nitrogen and oxygen atoms in total. The Morgan fingerprint density at radius 3 is 2.45 bits per heavy atom. The van der Waals surface area contributed by atoms with Gasteiger partial charge in [0.2, 0.25) is 0 Å². The van der Waals surface area contributed by atoms with Gasteiger partial charge in [0.25, 0.3) is 11.8 Å². The van der Waals surface area contributed by atoms with E-state index in [9.17, 15) is 14.4 Å². The molecule has 29 heavy (non-hydrogen) atoms. The largest absolute Gasteiger partial charge is 0.493 e. The van der Waals surface area contributed by atoms with E-state index < -0.39 is 17.8 Å². The third-order valence-corrected chi connectivity index (χ3v) is 4.53. The first-order valence-corrected chi connectivity index (χ1v) is 9.22. The summed E-state index contributed by atoms with van der Waals surface area (Å²) in [6.07, 6.45) is 1.36. The summed E-state index contributed by atoms with van der Waals surface area (Å²) >= 11 is 6.26. The van der Waals surface area contributed by atoms with Crippen LogP contribution >= 0.6 is 11.6 Å². The van der Waals surface area contributed by atoms with E-state index in [-0.39, 0.29) is 10.6 Å². The number of nitrogens with zero attached hydrogens (tertiary/aromatic N) is 1. The molecule has 1 fully saturated rings. The second-order valence-electron chi connectivity index (χ2n) is 6.26. The zero-order valence-corrected chi connectivity index (χ0v) is 16.9. The average Bonchev–Trinajstić information content (AvgIpc) is 2.68. The number of carbonyl (C=O) groups is 3. The van der Waals surface area contributed by atoms with Crippen LogP contribution in [0.15, 0.2) is 42.0 Å². The second kappa shape index (κ2) is 8.36. The van der Waals surface area contributed by atoms with Crippen LogP contribution in [0.25, 0.3) is 6.08 Å². The van der Waals surface area contributed by atoms with Crippen LogP contribution in [0, 0.1) is 6.92 Å². The van der Waals surface area contributed by atoms with Crippen molar-refractivity contribution in [2.24, 2.45) is 0 Å². The third-order valence-electron chi connectivity index (χ3n) is 4.25. The summed E-state index contributed by atoms with van der Waals surface area (Å²) in [6.45, 7) is 4.10. The molecule has 0 spiro atoms. The Balaban J connectivity index is 2.02. The van der Waals surface area contributed by atoms with Crippen molar-refractivity contribution in [1.29, 1.82) is 0 Å². The highest BCUT2D eigenvalue weighted by Crippen LogP contribution is 2.37. The second-order valence-corrected chi connectivity index (χ2v) is 6.67. The number of methoxy groups -OCH3 is 1. The Labute approximate surface area is 172 Å². The molecule has 3 rings (SSSR count). The first-order chi connectivity index (χ1) is 13.8. The highest BCUT2D eigenvalue weighted by Gasteiger charge is 2.36. The van der Waals surface area contributed by atoms with E-state index in [0.29, 0.717) is 29.4 Å². The molecule has 1 aliphatic rings. The van der Waals surface area contributed by atoms with E-state index in [0.717, 1.165) is 10.5 Å². The summed E-state index contributed by atoms with van der Waals surface area (Å²) in [4.78, 5) is 38.4. The fourth-order valence-electron chi connectivity index (χ4n) is 2.86. The number of imide groups is 2. The molecule has 0 aliphatic carbocycles. The molecule has 2 aromatic rings. The zero-order valence-electron chi connectivity index (χ0n) is 16.1. The maximum atomic E-state index is 12.9. The highest BCUT2D eigenvalue weighted by atomic mass is 35.5. The smallest absolute Gasteiger partial charge is 0.335 e. The number of hydrogen-bond acceptors (Lipinski definition) is 5. The number of urea groups is 1. The number of nitrogens with one attached hydrogen (secondary N) is 1. The first kappa shape index (κ1) is 20.4. The first-order valence-electron chi connectivity index (χ1n) is 8.84. The van der Waals surface area contributed by atoms with Gasteiger partial charge in [0.15, 0.2) is 11.5 Å². The predicted molar refractivity (Wildman–Crippen MR) is 109 cm³/mol. The van der Waals surface area contributed by atoms with Gasteiger partial charge in [-0.05, 0) is 49.8 Å². The van der Waals surface area contributed by atoms with Crippen LogP contribution in [0.2, 0.25) is 5.02 Å². The lowest BCUT2D eigenvalue weighted by Crippen LogP contribution is -2.54. The molecule has 8 heteroatoms. The molecule has 0 unspecified atom stereocenters. The van der Waals surface area contributed by atoms with Crippen LogP contribution in [-0.2, 0) is 9.59 Å². The van der Waals surface area contributed by atoms with Crippen molar-refractivity contribution in [1.82, 2.24) is 5.32 Å². The molecular formula is C21H19ClN2O5. The average molecular weight is 415 g/mol. The maximum absolute atomic E-state index is 12.9. The van der Waals surface area contributed by atoms with E-state index in [1.54, 1.807) is 36.4 Å². The molecule has 0 atom stereocenters. The number of ether oxygens (including phenoxy) is 2. The lowest BCUT2D eigenvalue weighted by molar-refractivity contribution is -0.122. The highest BCUT2D eigenvalue weighted by molar-refractivity contribution is 6.39. The molecule has 0 saturated carbocycles. The van der Waals surface area contributed by atoms with Gasteiger partial charge in [-0.1, -0.05) is 29.3 Å². The number of hydrogen-bond donors (Lipinski definition) is 1. The summed E-state index contributed by atoms with van der Waals surface area (Å²) in [5.41, 5.74) is 1.58. The normalized spacial score (nSPS) is 15.5. The standard InChI is InChI=1S/C21H19ClN2O5/c1-4-29-18-16(22)10-13(11-17(18)28-3)9-15-19(25)23-21(27)24(20(15)26)14-7-5-12(2)6-8-14/h5-11H,4H2,1-3H3,(H,23,25,27)/b15-9+. The Kier molecular flexibility index (Phi) is 5.89. The van der Waals surface area contributed by atoms with Crippen molar-refractivity contribution < 1.29 is 23.9 Å². The fraction of sp³-hybridized carbons (Fsp3) is 0.190. The molecule has 0 aromatic heterocycles. The number of carbonyl (C=O) groups excluding carboxylic acids is 3. The summed E-state index contributed by atoms with van der Waals surface area (Å²) in [6, 6.07) is 9.16. The number of amides is 4. The van der Waals surface area contributed by atoms with Crippen molar-refractivity contribution in [2.45, 2.75) is 13.8 Å². The molecular weight excluding hydrogens is 396 g/mol. The van der Waals surface area contributed by atoms with Gasteiger partial charge in [0.1, 0.15) is 5.57 Å². The fourth-order valence-corrected chi connectivity index (χ4v) is 3.13. The summed E-state index contributed by atoms with van der Waals surface area (Å²) in [5, 5.41) is 2.46. The van der Waals surface area contributed by atoms with Crippen LogP contribution in [0.5, 0.6) is 11.5 Å². The van der Waals surface area contributed by atoms with Crippen LogP contribution < -0.4 is 19.7 Å². The number of halogens is 1. The Morgan fingerprint density at radius 1 is 1.14 bits per heavy atom. The third kappa shape index (κ3) is 4.09. The summed E-state index contributed by atoms with van der Waals surface area (Å²) in [5.74, 6) is -0.782. The number of barbiturate groups is 1. The van der Waals surface area contributed by atoms with Crippen molar-refractivity contribution in [3.63, 3.8) is 0 Å². The van der Waals surface area contributed by atoms with Crippen molar-refractivity contribution in [3.8, 4) is 11.5 Å². The maximum Gasteiger partial charge on any atom is 0.335 e. The van der Waals surface area contributed by atoms with Crippen molar-refractivity contribution in [3.05, 3.63) is 58.1 Å². The van der Waals surface area contributed by atoms with Gasteiger partial charge >= 0.3 is 6.03 Å². The Morgan fingerprint density at radius 2 is 1.83 bits per heavy atom. The van der Waals surface area contributed by atoms with Crippen LogP contribution in [0.4, 0.5) is 10.5 Å². The van der Waals surface area contributed by atoms with Gasteiger partial charge in [-0.3, -0.25) is 14.9 Å². The van der Waals surface area contributed by atoms with E-state index >= 15 is 0 Å². The molecule has 1 heterocycles. The van der Waals surface area contributed by atoms with Crippen molar-refractivity contribution in [2.75, 3.05) is 18.6 Å². The minimum atomic E-state index is -0.802. The van der Waals surface area contributed by atoms with Gasteiger partial charge in [-0.2, -0.15) is 0 Å². The molecule has 0 radical (unpaired) electrons. The van der Waals surface area contributed by atoms with Crippen molar-refractivity contribution >= 4 is 41.2 Å². The van der Waals surface area contributed by atoms with Crippen LogP contribution in [-0.4, -0.2) is 31.6 Å². The predicted octanol–water partition coefficient (Wildman–Crippen LogP) is 3.72. The Bertz CT molecular complexity index is 1010. The lowest BCUT2D eigenvalue weighted by Gasteiger charge is -2.26. The Hall–Kier alpha value is -3.32. The van der Waals surface area contributed by atoms with E-state index in [1.165, 1.54) is 13.2 Å². The van der Waals surface area contributed by atoms with Gasteiger partial charge in [-0.15, -0.1) is 0 Å². The molecule has 1 N–H and O–H groups in total. The number of anilines is 1. The van der Waals surface area contributed by atoms with Gasteiger partial charge < -0.3 is 9.47 Å². The quantitative estimate of drug-likeness (QED) is 0.595. The lowest BCUT2D eigenvalue weighted by atomic mass is 10.1. The summed E-state index contributed by atoms with van der Waals surface area (Å²) in [7, 11) is 1.46. The minimum absolute atomic E-state index is 0.201. The zero-order chi connectivity index (χ0) is 21.1. The van der Waals surface area contributed by atoms with Crippen LogP contribution in [0.3, 0.4) is 0 Å². The number of benzene rings is 2. The summed E-state index contributed by atoms with van der Waals surface area (Å²) < 4.78 is 10.8. The molecule has 1 aliphatic heterocycles. The van der Waals surface area contributed by atoms with Gasteiger partial charge in [-0.25, -0.2) is 9.69 Å². The van der Waals surface area contributed by atoms with Gasteiger partial charge in [0.05, 0.1) is 24.4 Å². The van der Waals surface area contributed by atoms with E-state index in [1.807, 2.05) is 13.8 Å². The van der Waals surface area contributed by atoms with E-state index in [2.05, 4.69) is 5.32 Å². The number of rotatable bonds is 5. The van der Waals surface area contributed by atoms with Gasteiger partial charge in [0, 0.05) is 0 Å². The molecule has 4 amide bonds. The molecule has 150 valence electrons. The van der Waals surface area contributed by atoms with E-state index in [4.69, 9.17) is 21.1 Å². The monoisotopic (exact) mass is 414 g/mol. The molecule has 2 aromatic carbocycles. The molecule has 1 saturated heterocycles. The molecule has 0 bridgehead atoms. The SMILES string of the molecule is CCOc1c(Cl)cc(/C=C2\C(=O)NC(=O)N(c3ccc(C)cc3)C2=O)cc1OC.